The summed E-state index contributed by atoms with van der Waals surface area (Å²) >= 11 is 0. The second-order valence-electron chi connectivity index (χ2n) is 2.18. The van der Waals surface area contributed by atoms with E-state index in [4.69, 9.17) is 0 Å². The third-order valence-corrected chi connectivity index (χ3v) is 1.36. The van der Waals surface area contributed by atoms with Crippen LogP contribution in [0, 0.1) is 23.3 Å². The lowest BCUT2D eigenvalue weighted by atomic mass is 10.2. The first-order valence-corrected chi connectivity index (χ1v) is 3.06. The summed E-state index contributed by atoms with van der Waals surface area (Å²) < 4.78 is 73.1. The van der Waals surface area contributed by atoms with Gasteiger partial charge in [-0.25, -0.2) is 26.3 Å². The number of benzene rings is 1. The fraction of sp³-hybridized carbons (Fsp3) is 0.143. The SMILES string of the molecule is Fc1cc(F)c(F)c(C(F)F)c1F. The van der Waals surface area contributed by atoms with Gasteiger partial charge in [-0.2, -0.15) is 0 Å². The summed E-state index contributed by atoms with van der Waals surface area (Å²) in [5.41, 5.74) is -1.88. The molecule has 1 aromatic carbocycles. The second kappa shape index (κ2) is 3.27. The maximum atomic E-state index is 12.4. The maximum absolute atomic E-state index is 12.4. The number of hydrogen-bond acceptors (Lipinski definition) is 0. The Morgan fingerprint density at radius 1 is 0.846 bits per heavy atom. The van der Waals surface area contributed by atoms with Crippen LogP contribution in [0.3, 0.4) is 0 Å². The number of alkyl halides is 2. The summed E-state index contributed by atoms with van der Waals surface area (Å²) in [5, 5.41) is 0. The van der Waals surface area contributed by atoms with Crippen LogP contribution < -0.4 is 0 Å². The van der Waals surface area contributed by atoms with Crippen LogP contribution in [0.2, 0.25) is 0 Å². The molecule has 13 heavy (non-hydrogen) atoms. The number of hydrogen-bond donors (Lipinski definition) is 0. The van der Waals surface area contributed by atoms with Gasteiger partial charge in [0.05, 0.1) is 5.56 Å². The van der Waals surface area contributed by atoms with Crippen LogP contribution in [0.1, 0.15) is 12.0 Å². The summed E-state index contributed by atoms with van der Waals surface area (Å²) in [6.45, 7) is 0. The minimum atomic E-state index is -3.59. The van der Waals surface area contributed by atoms with Crippen molar-refractivity contribution in [3.05, 3.63) is 34.9 Å². The Bertz CT molecular complexity index is 306. The van der Waals surface area contributed by atoms with Gasteiger partial charge in [0, 0.05) is 6.07 Å². The van der Waals surface area contributed by atoms with E-state index in [1.165, 1.54) is 0 Å². The van der Waals surface area contributed by atoms with Gasteiger partial charge in [-0.05, 0) is 0 Å². The van der Waals surface area contributed by atoms with Crippen LogP contribution in [0.15, 0.2) is 6.07 Å². The molecule has 0 nitrogen and oxygen atoms in total. The highest BCUT2D eigenvalue weighted by Gasteiger charge is 2.25. The van der Waals surface area contributed by atoms with Crippen molar-refractivity contribution in [3.63, 3.8) is 0 Å². The second-order valence-corrected chi connectivity index (χ2v) is 2.18. The van der Waals surface area contributed by atoms with Gasteiger partial charge in [-0.15, -0.1) is 0 Å². The summed E-state index contributed by atoms with van der Waals surface area (Å²) in [5.74, 6) is -7.80. The molecule has 0 aliphatic carbocycles. The van der Waals surface area contributed by atoms with Crippen molar-refractivity contribution in [2.24, 2.45) is 0 Å². The molecule has 0 aliphatic rings. The van der Waals surface area contributed by atoms with Gasteiger partial charge in [-0.1, -0.05) is 0 Å². The van der Waals surface area contributed by atoms with Gasteiger partial charge < -0.3 is 0 Å². The predicted octanol–water partition coefficient (Wildman–Crippen LogP) is 3.18. The Kier molecular flexibility index (Phi) is 2.49. The lowest BCUT2D eigenvalue weighted by Crippen LogP contribution is -2.02. The van der Waals surface area contributed by atoms with E-state index in [-0.39, 0.29) is 6.07 Å². The van der Waals surface area contributed by atoms with E-state index in [9.17, 15) is 26.3 Å². The molecule has 6 heteroatoms. The van der Waals surface area contributed by atoms with Gasteiger partial charge in [0.1, 0.15) is 0 Å². The summed E-state index contributed by atoms with van der Waals surface area (Å²) in [6.07, 6.45) is -3.59. The largest absolute Gasteiger partial charge is 0.269 e. The molecule has 0 N–H and O–H groups in total. The van der Waals surface area contributed by atoms with Gasteiger partial charge in [-0.3, -0.25) is 0 Å². The van der Waals surface area contributed by atoms with Crippen LogP contribution in [0.5, 0.6) is 0 Å². The molecule has 1 aromatic rings. The van der Waals surface area contributed by atoms with Crippen molar-refractivity contribution in [1.82, 2.24) is 0 Å². The third-order valence-electron chi connectivity index (χ3n) is 1.36. The van der Waals surface area contributed by atoms with Crippen molar-refractivity contribution in [2.45, 2.75) is 6.43 Å². The van der Waals surface area contributed by atoms with Crippen molar-refractivity contribution >= 4 is 0 Å². The van der Waals surface area contributed by atoms with Crippen LogP contribution in [-0.2, 0) is 0 Å². The van der Waals surface area contributed by atoms with E-state index in [2.05, 4.69) is 0 Å². The molecular formula is C7H2F6. The molecule has 0 saturated carbocycles. The fourth-order valence-corrected chi connectivity index (χ4v) is 0.783. The van der Waals surface area contributed by atoms with E-state index >= 15 is 0 Å². The molecular weight excluding hydrogens is 198 g/mol. The zero-order chi connectivity index (χ0) is 10.2. The van der Waals surface area contributed by atoms with Crippen LogP contribution in [-0.4, -0.2) is 0 Å². The fourth-order valence-electron chi connectivity index (χ4n) is 0.783. The molecule has 0 fully saturated rings. The van der Waals surface area contributed by atoms with Crippen LogP contribution in [0.4, 0.5) is 26.3 Å². The van der Waals surface area contributed by atoms with Crippen molar-refractivity contribution in [1.29, 1.82) is 0 Å². The average Bonchev–Trinajstić information content (AvgIpc) is 2.01. The average molecular weight is 200 g/mol. The maximum Gasteiger partial charge on any atom is 0.269 e. The summed E-state index contributed by atoms with van der Waals surface area (Å²) in [7, 11) is 0. The molecule has 0 radical (unpaired) electrons. The van der Waals surface area contributed by atoms with E-state index < -0.39 is 35.3 Å². The van der Waals surface area contributed by atoms with Crippen LogP contribution in [0.25, 0.3) is 0 Å². The summed E-state index contributed by atoms with van der Waals surface area (Å²) in [4.78, 5) is 0. The van der Waals surface area contributed by atoms with Gasteiger partial charge in [0.15, 0.2) is 23.3 Å². The van der Waals surface area contributed by atoms with E-state index in [1.807, 2.05) is 0 Å². The molecule has 0 bridgehead atoms. The zero-order valence-electron chi connectivity index (χ0n) is 5.92. The first-order chi connectivity index (χ1) is 5.95. The molecule has 0 heterocycles. The van der Waals surface area contributed by atoms with E-state index in [0.29, 0.717) is 0 Å². The molecule has 0 aromatic heterocycles. The molecule has 0 aliphatic heterocycles. The van der Waals surface area contributed by atoms with E-state index in [1.54, 1.807) is 0 Å². The first-order valence-electron chi connectivity index (χ1n) is 3.06. The smallest absolute Gasteiger partial charge is 0.205 e. The van der Waals surface area contributed by atoms with Crippen molar-refractivity contribution in [2.75, 3.05) is 0 Å². The highest BCUT2D eigenvalue weighted by atomic mass is 19.3. The molecule has 72 valence electrons. The molecule has 0 spiro atoms. The summed E-state index contributed by atoms with van der Waals surface area (Å²) in [6, 6.07) is -0.128. The molecule has 1 rings (SSSR count). The van der Waals surface area contributed by atoms with Gasteiger partial charge in [0.25, 0.3) is 6.43 Å². The third kappa shape index (κ3) is 1.61. The normalized spacial score (nSPS) is 11.0. The van der Waals surface area contributed by atoms with Gasteiger partial charge >= 0.3 is 0 Å². The highest BCUT2D eigenvalue weighted by molar-refractivity contribution is 5.23. The predicted molar refractivity (Wildman–Crippen MR) is 31.2 cm³/mol. The van der Waals surface area contributed by atoms with E-state index in [0.717, 1.165) is 0 Å². The monoisotopic (exact) mass is 200 g/mol. The molecule has 0 amide bonds. The lowest BCUT2D eigenvalue weighted by Gasteiger charge is -2.04. The molecule has 0 unspecified atom stereocenters. The Morgan fingerprint density at radius 3 is 1.54 bits per heavy atom. The first kappa shape index (κ1) is 9.88. The lowest BCUT2D eigenvalue weighted by molar-refractivity contribution is 0.138. The van der Waals surface area contributed by atoms with Crippen molar-refractivity contribution < 1.29 is 26.3 Å². The Labute approximate surface area is 68.8 Å². The Balaban J connectivity index is 3.46. The molecule has 0 saturated heterocycles. The Hall–Kier alpha value is -1.20. The standard InChI is InChI=1S/C7H2F6/c8-2-1-3(9)6(11)4(5(2)10)7(12)13/h1,7H. The topological polar surface area (TPSA) is 0 Å². The highest BCUT2D eigenvalue weighted by Crippen LogP contribution is 2.28. The van der Waals surface area contributed by atoms with Crippen LogP contribution >= 0.6 is 0 Å². The van der Waals surface area contributed by atoms with Crippen molar-refractivity contribution in [3.8, 4) is 0 Å². The zero-order valence-corrected chi connectivity index (χ0v) is 5.92. The quantitative estimate of drug-likeness (QED) is 0.482. The minimum absolute atomic E-state index is 0.128. The minimum Gasteiger partial charge on any atom is -0.205 e. The number of rotatable bonds is 1. The Morgan fingerprint density at radius 2 is 1.23 bits per heavy atom. The molecule has 0 atom stereocenters. The number of halogens is 6. The van der Waals surface area contributed by atoms with Gasteiger partial charge in [0.2, 0.25) is 0 Å².